The number of nitrogens with one attached hydrogen (secondary N) is 1. The third-order valence-electron chi connectivity index (χ3n) is 4.40. The Morgan fingerprint density at radius 2 is 1.68 bits per heavy atom. The average Bonchev–Trinajstić information content (AvgIpc) is 2.73. The monoisotopic (exact) mass is 474 g/mol. The van der Waals surface area contributed by atoms with E-state index in [-0.39, 0.29) is 35.0 Å². The summed E-state index contributed by atoms with van der Waals surface area (Å²) in [7, 11) is -6.08. The maximum Gasteiger partial charge on any atom is 0.337 e. The zero-order valence-electron chi connectivity index (χ0n) is 17.4. The van der Waals surface area contributed by atoms with Gasteiger partial charge < -0.3 is 9.47 Å². The average molecular weight is 475 g/mol. The van der Waals surface area contributed by atoms with Crippen molar-refractivity contribution in [2.45, 2.75) is 23.6 Å². The van der Waals surface area contributed by atoms with Gasteiger partial charge in [0.05, 0.1) is 30.4 Å². The normalized spacial score (nSPS) is 11.9. The molecule has 0 aliphatic heterocycles. The number of ether oxygens (including phenoxy) is 2. The van der Waals surface area contributed by atoms with Gasteiger partial charge in [-0.25, -0.2) is 26.0 Å². The number of nitrogens with zero attached hydrogens (tertiary/aromatic N) is 1. The van der Waals surface area contributed by atoms with Crippen molar-refractivity contribution >= 4 is 31.7 Å². The molecule has 170 valence electrons. The second kappa shape index (κ2) is 9.62. The standard InChI is InChI=1S/C19H23FN2O7S2/c1-5-22(6-2)31(26,27)14-8-10-17(28-3)16(12-14)21-30(24,25)18-11-13(19(23)29-4)7-9-15(18)20/h7-12,21H,5-6H2,1-4H3. The lowest BCUT2D eigenvalue weighted by atomic mass is 10.2. The number of benzene rings is 2. The number of anilines is 1. The van der Waals surface area contributed by atoms with Crippen LogP contribution in [0.2, 0.25) is 0 Å². The van der Waals surface area contributed by atoms with E-state index in [2.05, 4.69) is 9.46 Å². The van der Waals surface area contributed by atoms with Crippen LogP contribution in [0.15, 0.2) is 46.2 Å². The molecule has 2 aromatic carbocycles. The quantitative estimate of drug-likeness (QED) is 0.555. The Kier molecular flexibility index (Phi) is 7.63. The molecular formula is C19H23FN2O7S2. The van der Waals surface area contributed by atoms with Crippen LogP contribution < -0.4 is 9.46 Å². The highest BCUT2D eigenvalue weighted by atomic mass is 32.2. The summed E-state index contributed by atoms with van der Waals surface area (Å²) in [6.45, 7) is 3.78. The van der Waals surface area contributed by atoms with Crippen LogP contribution >= 0.6 is 0 Å². The smallest absolute Gasteiger partial charge is 0.337 e. The molecular weight excluding hydrogens is 451 g/mol. The Labute approximate surface area is 180 Å². The Morgan fingerprint density at radius 1 is 1.03 bits per heavy atom. The number of carbonyl (C=O) groups is 1. The number of hydrogen-bond acceptors (Lipinski definition) is 7. The summed E-state index contributed by atoms with van der Waals surface area (Å²) in [5, 5.41) is 0. The van der Waals surface area contributed by atoms with Gasteiger partial charge in [-0.3, -0.25) is 4.72 Å². The van der Waals surface area contributed by atoms with E-state index in [1.165, 1.54) is 23.5 Å². The molecule has 0 bridgehead atoms. The molecule has 2 rings (SSSR count). The molecule has 1 N–H and O–H groups in total. The third-order valence-corrected chi connectivity index (χ3v) is 7.83. The molecule has 0 aliphatic rings. The van der Waals surface area contributed by atoms with Crippen LogP contribution in [0.1, 0.15) is 24.2 Å². The lowest BCUT2D eigenvalue weighted by Gasteiger charge is -2.20. The molecule has 0 aromatic heterocycles. The van der Waals surface area contributed by atoms with Crippen molar-refractivity contribution in [3.63, 3.8) is 0 Å². The van der Waals surface area contributed by atoms with Crippen molar-refractivity contribution < 1.29 is 35.5 Å². The van der Waals surface area contributed by atoms with Crippen LogP contribution in [0.4, 0.5) is 10.1 Å². The first-order valence-corrected chi connectivity index (χ1v) is 12.0. The molecule has 0 heterocycles. The van der Waals surface area contributed by atoms with E-state index in [9.17, 15) is 26.0 Å². The molecule has 0 aliphatic carbocycles. The second-order valence-corrected chi connectivity index (χ2v) is 9.78. The van der Waals surface area contributed by atoms with Gasteiger partial charge >= 0.3 is 5.97 Å². The molecule has 0 spiro atoms. The van der Waals surface area contributed by atoms with E-state index in [0.29, 0.717) is 0 Å². The summed E-state index contributed by atoms with van der Waals surface area (Å²) in [5.74, 6) is -1.93. The maximum atomic E-state index is 14.3. The van der Waals surface area contributed by atoms with E-state index in [4.69, 9.17) is 4.74 Å². The van der Waals surface area contributed by atoms with Crippen molar-refractivity contribution in [1.29, 1.82) is 0 Å². The minimum absolute atomic E-state index is 0.0200. The van der Waals surface area contributed by atoms with Gasteiger partial charge in [0.2, 0.25) is 10.0 Å². The number of esters is 1. The summed E-state index contributed by atoms with van der Waals surface area (Å²) in [6, 6.07) is 6.38. The zero-order valence-corrected chi connectivity index (χ0v) is 19.0. The van der Waals surface area contributed by atoms with Gasteiger partial charge in [0, 0.05) is 13.1 Å². The van der Waals surface area contributed by atoms with Gasteiger partial charge in [0.25, 0.3) is 10.0 Å². The second-order valence-electron chi connectivity index (χ2n) is 6.19. The number of carbonyl (C=O) groups excluding carboxylic acids is 1. The summed E-state index contributed by atoms with van der Waals surface area (Å²) < 4.78 is 78.5. The number of sulfonamides is 2. The van der Waals surface area contributed by atoms with Crippen LogP contribution in [-0.2, 0) is 24.8 Å². The van der Waals surface area contributed by atoms with E-state index >= 15 is 0 Å². The van der Waals surface area contributed by atoms with Gasteiger partial charge in [-0.15, -0.1) is 0 Å². The molecule has 0 fully saturated rings. The van der Waals surface area contributed by atoms with Gasteiger partial charge in [-0.05, 0) is 36.4 Å². The van der Waals surface area contributed by atoms with Crippen molar-refractivity contribution in [3.05, 3.63) is 47.8 Å². The van der Waals surface area contributed by atoms with Crippen molar-refractivity contribution in [2.24, 2.45) is 0 Å². The molecule has 0 amide bonds. The summed E-state index contributed by atoms with van der Waals surface area (Å²) >= 11 is 0. The molecule has 0 radical (unpaired) electrons. The number of methoxy groups -OCH3 is 2. The molecule has 0 unspecified atom stereocenters. The lowest BCUT2D eigenvalue weighted by molar-refractivity contribution is 0.0600. The topological polar surface area (TPSA) is 119 Å². The van der Waals surface area contributed by atoms with Gasteiger partial charge in [0.1, 0.15) is 16.5 Å². The summed E-state index contributed by atoms with van der Waals surface area (Å²) in [4.78, 5) is 10.7. The maximum absolute atomic E-state index is 14.3. The lowest BCUT2D eigenvalue weighted by Crippen LogP contribution is -2.30. The summed E-state index contributed by atoms with van der Waals surface area (Å²) in [5.41, 5.74) is -0.382. The Hall–Kier alpha value is -2.70. The SMILES string of the molecule is CCN(CC)S(=O)(=O)c1ccc(OC)c(NS(=O)(=O)c2cc(C(=O)OC)ccc2F)c1. The fourth-order valence-corrected chi connectivity index (χ4v) is 5.44. The van der Waals surface area contributed by atoms with Gasteiger partial charge in [0.15, 0.2) is 0 Å². The van der Waals surface area contributed by atoms with E-state index < -0.39 is 36.7 Å². The molecule has 0 atom stereocenters. The van der Waals surface area contributed by atoms with Crippen molar-refractivity contribution in [1.82, 2.24) is 4.31 Å². The first kappa shape index (κ1) is 24.6. The van der Waals surface area contributed by atoms with Crippen LogP contribution in [0, 0.1) is 5.82 Å². The predicted molar refractivity (Wildman–Crippen MR) is 112 cm³/mol. The summed E-state index contributed by atoms with van der Waals surface area (Å²) in [6.07, 6.45) is 0. The van der Waals surface area contributed by atoms with Crippen LogP contribution in [0.3, 0.4) is 0 Å². The molecule has 31 heavy (non-hydrogen) atoms. The van der Waals surface area contributed by atoms with Crippen LogP contribution in [0.5, 0.6) is 5.75 Å². The van der Waals surface area contributed by atoms with Crippen molar-refractivity contribution in [3.8, 4) is 5.75 Å². The highest BCUT2D eigenvalue weighted by molar-refractivity contribution is 7.92. The van der Waals surface area contributed by atoms with E-state index in [1.54, 1.807) is 13.8 Å². The largest absolute Gasteiger partial charge is 0.495 e. The minimum Gasteiger partial charge on any atom is -0.495 e. The first-order valence-electron chi connectivity index (χ1n) is 9.10. The fourth-order valence-electron chi connectivity index (χ4n) is 2.79. The molecule has 0 saturated heterocycles. The van der Waals surface area contributed by atoms with Crippen molar-refractivity contribution in [2.75, 3.05) is 32.0 Å². The molecule has 12 heteroatoms. The Morgan fingerprint density at radius 3 is 2.23 bits per heavy atom. The highest BCUT2D eigenvalue weighted by Gasteiger charge is 2.26. The third kappa shape index (κ3) is 5.14. The van der Waals surface area contributed by atoms with Crippen LogP contribution in [-0.4, -0.2) is 54.4 Å². The van der Waals surface area contributed by atoms with Crippen LogP contribution in [0.25, 0.3) is 0 Å². The van der Waals surface area contributed by atoms with E-state index in [1.807, 2.05) is 0 Å². The Balaban J connectivity index is 2.56. The highest BCUT2D eigenvalue weighted by Crippen LogP contribution is 2.31. The predicted octanol–water partition coefficient (Wildman–Crippen LogP) is 2.45. The molecule has 9 nitrogen and oxygen atoms in total. The minimum atomic E-state index is -4.56. The first-order chi connectivity index (χ1) is 14.5. The Bertz CT molecular complexity index is 1180. The van der Waals surface area contributed by atoms with Gasteiger partial charge in [-0.2, -0.15) is 4.31 Å². The number of hydrogen-bond donors (Lipinski definition) is 1. The molecule has 2 aromatic rings. The zero-order chi connectivity index (χ0) is 23.4. The molecule has 0 saturated carbocycles. The number of rotatable bonds is 9. The number of halogens is 1. The van der Waals surface area contributed by atoms with E-state index in [0.717, 1.165) is 31.4 Å². The van der Waals surface area contributed by atoms with Gasteiger partial charge in [-0.1, -0.05) is 13.8 Å². The fraction of sp³-hybridized carbons (Fsp3) is 0.316.